The maximum Gasteiger partial charge on any atom is 0.0863 e. The summed E-state index contributed by atoms with van der Waals surface area (Å²) in [5, 5.41) is 8.80. The summed E-state index contributed by atoms with van der Waals surface area (Å²) in [6.07, 6.45) is 3.54. The topological polar surface area (TPSA) is 29.9 Å². The quantitative estimate of drug-likeness (QED) is 0.903. The maximum atomic E-state index is 6.33. The van der Waals surface area contributed by atoms with E-state index in [0.717, 1.165) is 35.9 Å². The average Bonchev–Trinajstić information content (AvgIpc) is 2.87. The van der Waals surface area contributed by atoms with Crippen molar-refractivity contribution in [1.82, 2.24) is 15.1 Å². The molecule has 1 N–H and O–H groups in total. The van der Waals surface area contributed by atoms with Gasteiger partial charge in [0.15, 0.2) is 0 Å². The van der Waals surface area contributed by atoms with E-state index in [-0.39, 0.29) is 0 Å². The zero-order chi connectivity index (χ0) is 13.2. The van der Waals surface area contributed by atoms with Crippen LogP contribution in [-0.2, 0) is 20.0 Å². The molecular weight excluding hydrogens is 266 g/mol. The molecule has 0 spiro atoms. The number of hydrogen-bond donors (Lipinski definition) is 1. The SMILES string of the molecule is CCc1nn(C)c(CNCC2(C)CCCS2)c1Cl. The number of halogens is 1. The second-order valence-electron chi connectivity index (χ2n) is 5.19. The van der Waals surface area contributed by atoms with Gasteiger partial charge in [0.05, 0.1) is 16.4 Å². The molecule has 1 atom stereocenters. The van der Waals surface area contributed by atoms with Crippen LogP contribution in [0.15, 0.2) is 0 Å². The van der Waals surface area contributed by atoms with Gasteiger partial charge in [-0.25, -0.2) is 0 Å². The van der Waals surface area contributed by atoms with E-state index in [9.17, 15) is 0 Å². The van der Waals surface area contributed by atoms with Crippen molar-refractivity contribution >= 4 is 23.4 Å². The van der Waals surface area contributed by atoms with Crippen LogP contribution in [-0.4, -0.2) is 26.8 Å². The van der Waals surface area contributed by atoms with Gasteiger partial charge in [-0.3, -0.25) is 4.68 Å². The Labute approximate surface area is 119 Å². The van der Waals surface area contributed by atoms with E-state index in [0.29, 0.717) is 4.75 Å². The first-order valence-electron chi connectivity index (χ1n) is 6.60. The van der Waals surface area contributed by atoms with Crippen molar-refractivity contribution in [2.24, 2.45) is 7.05 Å². The van der Waals surface area contributed by atoms with Crippen molar-refractivity contribution in [3.05, 3.63) is 16.4 Å². The lowest BCUT2D eigenvalue weighted by molar-refractivity contribution is 0.525. The van der Waals surface area contributed by atoms with Crippen molar-refractivity contribution in [1.29, 1.82) is 0 Å². The number of hydrogen-bond acceptors (Lipinski definition) is 3. The molecule has 1 aromatic heterocycles. The van der Waals surface area contributed by atoms with E-state index >= 15 is 0 Å². The Balaban J connectivity index is 1.92. The van der Waals surface area contributed by atoms with Gasteiger partial charge in [-0.05, 0) is 31.9 Å². The summed E-state index contributed by atoms with van der Waals surface area (Å²) in [7, 11) is 1.97. The monoisotopic (exact) mass is 287 g/mol. The van der Waals surface area contributed by atoms with Crippen LogP contribution >= 0.6 is 23.4 Å². The van der Waals surface area contributed by atoms with Crippen LogP contribution in [0, 0.1) is 0 Å². The number of nitrogens with zero attached hydrogens (tertiary/aromatic N) is 2. The van der Waals surface area contributed by atoms with Crippen LogP contribution in [0.4, 0.5) is 0 Å². The van der Waals surface area contributed by atoms with Crippen molar-refractivity contribution in [2.75, 3.05) is 12.3 Å². The highest BCUT2D eigenvalue weighted by molar-refractivity contribution is 8.00. The molecule has 18 heavy (non-hydrogen) atoms. The van der Waals surface area contributed by atoms with E-state index in [2.05, 4.69) is 36.0 Å². The summed E-state index contributed by atoms with van der Waals surface area (Å²) < 4.78 is 2.30. The third-order valence-corrected chi connectivity index (χ3v) is 5.57. The van der Waals surface area contributed by atoms with Crippen LogP contribution in [0.5, 0.6) is 0 Å². The lowest BCUT2D eigenvalue weighted by Gasteiger charge is -2.23. The Hall–Kier alpha value is -0.190. The molecule has 5 heteroatoms. The van der Waals surface area contributed by atoms with E-state index in [1.54, 1.807) is 0 Å². The Morgan fingerprint density at radius 1 is 1.56 bits per heavy atom. The van der Waals surface area contributed by atoms with Crippen LogP contribution in [0.1, 0.15) is 38.1 Å². The molecule has 1 aliphatic heterocycles. The molecule has 0 saturated carbocycles. The van der Waals surface area contributed by atoms with Crippen LogP contribution in [0.2, 0.25) is 5.02 Å². The fourth-order valence-electron chi connectivity index (χ4n) is 2.43. The number of aryl methyl sites for hydroxylation is 2. The van der Waals surface area contributed by atoms with Gasteiger partial charge >= 0.3 is 0 Å². The molecule has 3 nitrogen and oxygen atoms in total. The predicted octanol–water partition coefficient (Wildman–Crippen LogP) is 3.01. The fourth-order valence-corrected chi connectivity index (χ4v) is 4.07. The molecule has 0 amide bonds. The van der Waals surface area contributed by atoms with Gasteiger partial charge in [-0.1, -0.05) is 18.5 Å². The van der Waals surface area contributed by atoms with Crippen LogP contribution < -0.4 is 5.32 Å². The second-order valence-corrected chi connectivity index (χ2v) is 7.25. The standard InChI is InChI=1S/C13H22ClN3S/c1-4-10-12(14)11(17(3)16-10)8-15-9-13(2)6-5-7-18-13/h15H,4-9H2,1-3H3. The molecule has 0 bridgehead atoms. The van der Waals surface area contributed by atoms with Crippen LogP contribution in [0.3, 0.4) is 0 Å². The Kier molecular flexibility index (Phi) is 4.62. The largest absolute Gasteiger partial charge is 0.310 e. The minimum atomic E-state index is 0.401. The molecule has 0 aromatic carbocycles. The molecule has 1 unspecified atom stereocenters. The highest BCUT2D eigenvalue weighted by Crippen LogP contribution is 2.37. The van der Waals surface area contributed by atoms with Crippen molar-refractivity contribution in [2.45, 2.75) is 44.4 Å². The number of thioether (sulfide) groups is 1. The van der Waals surface area contributed by atoms with Gasteiger partial charge in [0.2, 0.25) is 0 Å². The minimum absolute atomic E-state index is 0.401. The van der Waals surface area contributed by atoms with Crippen LogP contribution in [0.25, 0.3) is 0 Å². The third-order valence-electron chi connectivity index (χ3n) is 3.59. The number of nitrogens with one attached hydrogen (secondary N) is 1. The smallest absolute Gasteiger partial charge is 0.0863 e. The Morgan fingerprint density at radius 2 is 2.33 bits per heavy atom. The second kappa shape index (κ2) is 5.85. The average molecular weight is 288 g/mol. The number of aromatic nitrogens is 2. The van der Waals surface area contributed by atoms with E-state index in [4.69, 9.17) is 11.6 Å². The molecule has 2 rings (SSSR count). The fraction of sp³-hybridized carbons (Fsp3) is 0.769. The molecule has 1 fully saturated rings. The number of rotatable bonds is 5. The van der Waals surface area contributed by atoms with Gasteiger partial charge in [0.1, 0.15) is 0 Å². The highest BCUT2D eigenvalue weighted by atomic mass is 35.5. The van der Waals surface area contributed by atoms with Gasteiger partial charge in [0, 0.05) is 24.9 Å². The lowest BCUT2D eigenvalue weighted by Crippen LogP contribution is -2.33. The highest BCUT2D eigenvalue weighted by Gasteiger charge is 2.29. The molecule has 2 heterocycles. The normalized spacial score (nSPS) is 23.8. The van der Waals surface area contributed by atoms with E-state index in [1.165, 1.54) is 18.6 Å². The summed E-state index contributed by atoms with van der Waals surface area (Å²) in [5.41, 5.74) is 2.09. The predicted molar refractivity (Wildman–Crippen MR) is 79.4 cm³/mol. The first-order valence-corrected chi connectivity index (χ1v) is 7.97. The van der Waals surface area contributed by atoms with Crippen molar-refractivity contribution in [3.63, 3.8) is 0 Å². The Morgan fingerprint density at radius 3 is 2.89 bits per heavy atom. The molecule has 1 saturated heterocycles. The minimum Gasteiger partial charge on any atom is -0.310 e. The maximum absolute atomic E-state index is 6.33. The molecular formula is C13H22ClN3S. The molecule has 102 valence electrons. The summed E-state index contributed by atoms with van der Waals surface area (Å²) in [4.78, 5) is 0. The summed E-state index contributed by atoms with van der Waals surface area (Å²) >= 11 is 8.41. The van der Waals surface area contributed by atoms with Gasteiger partial charge in [0.25, 0.3) is 0 Å². The summed E-state index contributed by atoms with van der Waals surface area (Å²) in [5.74, 6) is 1.30. The summed E-state index contributed by atoms with van der Waals surface area (Å²) in [6.45, 7) is 6.28. The van der Waals surface area contributed by atoms with Gasteiger partial charge in [-0.15, -0.1) is 0 Å². The molecule has 1 aromatic rings. The third kappa shape index (κ3) is 3.03. The van der Waals surface area contributed by atoms with Crippen molar-refractivity contribution in [3.8, 4) is 0 Å². The zero-order valence-corrected chi connectivity index (χ0v) is 13.0. The van der Waals surface area contributed by atoms with E-state index < -0.39 is 0 Å². The molecule has 0 aliphatic carbocycles. The summed E-state index contributed by atoms with van der Waals surface area (Å²) in [6, 6.07) is 0. The van der Waals surface area contributed by atoms with Crippen molar-refractivity contribution < 1.29 is 0 Å². The molecule has 0 radical (unpaired) electrons. The lowest BCUT2D eigenvalue weighted by atomic mass is 10.1. The zero-order valence-electron chi connectivity index (χ0n) is 11.4. The van der Waals surface area contributed by atoms with Gasteiger partial charge in [-0.2, -0.15) is 16.9 Å². The Bertz CT molecular complexity index is 411. The van der Waals surface area contributed by atoms with Gasteiger partial charge < -0.3 is 5.32 Å². The molecule has 1 aliphatic rings. The first-order chi connectivity index (χ1) is 8.56. The first kappa shape index (κ1) is 14.2. The van der Waals surface area contributed by atoms with E-state index in [1.807, 2.05) is 11.7 Å².